The number of hydrogen-bond acceptors (Lipinski definition) is 2. The maximum atomic E-state index is 12.7. The van der Waals surface area contributed by atoms with E-state index in [2.05, 4.69) is 15.9 Å². The summed E-state index contributed by atoms with van der Waals surface area (Å²) in [7, 11) is 0. The molecule has 0 spiro atoms. The van der Waals surface area contributed by atoms with Crippen LogP contribution in [0, 0.1) is 0 Å². The van der Waals surface area contributed by atoms with Gasteiger partial charge in [0.25, 0.3) is 5.91 Å². The lowest BCUT2D eigenvalue weighted by Gasteiger charge is -2.26. The highest BCUT2D eigenvalue weighted by Crippen LogP contribution is 2.35. The van der Waals surface area contributed by atoms with Crippen LogP contribution in [-0.4, -0.2) is 34.5 Å². The molecule has 0 unspecified atom stereocenters. The third-order valence-electron chi connectivity index (χ3n) is 3.98. The lowest BCUT2D eigenvalue weighted by atomic mass is 10.0. The molecule has 1 aromatic heterocycles. The topological polar surface area (TPSA) is 51.3 Å². The molecule has 7 heteroatoms. The Morgan fingerprint density at radius 3 is 2.81 bits per heavy atom. The number of rotatable bonds is 4. The molecule has 0 bridgehead atoms. The minimum absolute atomic E-state index is 0. The molecule has 1 aliphatic carbocycles. The summed E-state index contributed by atoms with van der Waals surface area (Å²) in [5.41, 5.74) is 7.76. The summed E-state index contributed by atoms with van der Waals surface area (Å²) >= 11 is 3.53. The number of amides is 1. The molecule has 2 N–H and O–H groups in total. The normalized spacial score (nSPS) is 18.5. The van der Waals surface area contributed by atoms with Gasteiger partial charge in [0, 0.05) is 31.9 Å². The SMILES string of the molecule is Cl.NCC(=CF)Cn1cc2c(c1Br)CCN(C1CC1)C2=O. The highest BCUT2D eigenvalue weighted by atomic mass is 79.9. The van der Waals surface area contributed by atoms with Gasteiger partial charge >= 0.3 is 0 Å². The van der Waals surface area contributed by atoms with Gasteiger partial charge in [-0.15, -0.1) is 12.4 Å². The van der Waals surface area contributed by atoms with Crippen molar-refractivity contribution < 1.29 is 9.18 Å². The predicted octanol–water partition coefficient (Wildman–Crippen LogP) is 2.65. The van der Waals surface area contributed by atoms with Crippen LogP contribution in [-0.2, 0) is 13.0 Å². The van der Waals surface area contributed by atoms with Crippen molar-refractivity contribution in [1.29, 1.82) is 0 Å². The Morgan fingerprint density at radius 2 is 2.24 bits per heavy atom. The van der Waals surface area contributed by atoms with Gasteiger partial charge in [-0.2, -0.15) is 0 Å². The number of fused-ring (bicyclic) bond motifs is 1. The van der Waals surface area contributed by atoms with Crippen molar-refractivity contribution in [3.05, 3.63) is 33.8 Å². The summed E-state index contributed by atoms with van der Waals surface area (Å²) in [5.74, 6) is 0.103. The molecule has 21 heavy (non-hydrogen) atoms. The van der Waals surface area contributed by atoms with Gasteiger partial charge in [0.2, 0.25) is 0 Å². The van der Waals surface area contributed by atoms with E-state index < -0.39 is 0 Å². The van der Waals surface area contributed by atoms with E-state index in [0.717, 1.165) is 41.5 Å². The highest BCUT2D eigenvalue weighted by molar-refractivity contribution is 9.10. The molecular formula is C14H18BrClFN3O. The first-order chi connectivity index (χ1) is 9.65. The van der Waals surface area contributed by atoms with Gasteiger partial charge in [-0.05, 0) is 46.3 Å². The molecule has 1 fully saturated rings. The van der Waals surface area contributed by atoms with Crippen molar-refractivity contribution in [1.82, 2.24) is 9.47 Å². The second-order valence-electron chi connectivity index (χ2n) is 5.39. The molecule has 1 saturated carbocycles. The number of carbonyl (C=O) groups excluding carboxylic acids is 1. The Labute approximate surface area is 137 Å². The molecule has 0 atom stereocenters. The average Bonchev–Trinajstić information content (AvgIpc) is 3.24. The second kappa shape index (κ2) is 6.50. The van der Waals surface area contributed by atoms with Gasteiger partial charge in [0.15, 0.2) is 0 Å². The van der Waals surface area contributed by atoms with Gasteiger partial charge in [0.05, 0.1) is 16.5 Å². The molecule has 4 nitrogen and oxygen atoms in total. The highest BCUT2D eigenvalue weighted by Gasteiger charge is 2.37. The number of aromatic nitrogens is 1. The fourth-order valence-corrected chi connectivity index (χ4v) is 3.34. The predicted molar refractivity (Wildman–Crippen MR) is 85.4 cm³/mol. The Bertz CT molecular complexity index is 583. The van der Waals surface area contributed by atoms with Crippen molar-refractivity contribution in [2.45, 2.75) is 31.8 Å². The summed E-state index contributed by atoms with van der Waals surface area (Å²) in [6, 6.07) is 0.433. The van der Waals surface area contributed by atoms with Crippen LogP contribution < -0.4 is 5.73 Å². The summed E-state index contributed by atoms with van der Waals surface area (Å²) in [5, 5.41) is 0. The quantitative estimate of drug-likeness (QED) is 0.876. The number of halogens is 3. The third kappa shape index (κ3) is 3.03. The lowest BCUT2D eigenvalue weighted by Crippen LogP contribution is -2.38. The zero-order valence-electron chi connectivity index (χ0n) is 11.5. The first-order valence-corrected chi connectivity index (χ1v) is 7.61. The Morgan fingerprint density at radius 1 is 1.52 bits per heavy atom. The first kappa shape index (κ1) is 16.5. The van der Waals surface area contributed by atoms with Crippen molar-refractivity contribution in [3.8, 4) is 0 Å². The molecule has 116 valence electrons. The number of hydrogen-bond donors (Lipinski definition) is 1. The molecular weight excluding hydrogens is 361 g/mol. The molecule has 3 rings (SSSR count). The summed E-state index contributed by atoms with van der Waals surface area (Å²) < 4.78 is 15.4. The maximum absolute atomic E-state index is 12.7. The van der Waals surface area contributed by atoms with E-state index in [-0.39, 0.29) is 24.9 Å². The molecule has 1 aromatic rings. The Balaban J connectivity index is 0.00000161. The van der Waals surface area contributed by atoms with Crippen molar-refractivity contribution >= 4 is 34.2 Å². The molecule has 0 saturated heterocycles. The Hall–Kier alpha value is -0.850. The minimum Gasteiger partial charge on any atom is -0.337 e. The largest absolute Gasteiger partial charge is 0.337 e. The van der Waals surface area contributed by atoms with Crippen LogP contribution in [0.1, 0.15) is 28.8 Å². The standard InChI is InChI=1S/C14H17BrFN3O.ClH/c15-13-11-3-4-19(10-1-2-10)14(20)12(11)8-18(13)7-9(5-16)6-17;/h5,8,10H,1-4,6-7,17H2;1H. The van der Waals surface area contributed by atoms with Crippen LogP contribution in [0.3, 0.4) is 0 Å². The first-order valence-electron chi connectivity index (χ1n) is 6.82. The molecule has 2 heterocycles. The van der Waals surface area contributed by atoms with Gasteiger partial charge in [0.1, 0.15) is 0 Å². The van der Waals surface area contributed by atoms with Crippen LogP contribution in [0.2, 0.25) is 0 Å². The lowest BCUT2D eigenvalue weighted by molar-refractivity contribution is 0.0727. The van der Waals surface area contributed by atoms with E-state index in [1.165, 1.54) is 0 Å². The molecule has 1 aliphatic heterocycles. The number of nitrogens with two attached hydrogens (primary N) is 1. The fourth-order valence-electron chi connectivity index (χ4n) is 2.70. The van der Waals surface area contributed by atoms with E-state index in [9.17, 15) is 9.18 Å². The van der Waals surface area contributed by atoms with Crippen LogP contribution in [0.5, 0.6) is 0 Å². The van der Waals surface area contributed by atoms with Crippen LogP contribution in [0.15, 0.2) is 22.7 Å². The molecule has 0 aromatic carbocycles. The van der Waals surface area contributed by atoms with E-state index in [4.69, 9.17) is 5.73 Å². The van der Waals surface area contributed by atoms with Crippen LogP contribution in [0.4, 0.5) is 4.39 Å². The smallest absolute Gasteiger partial charge is 0.255 e. The molecule has 0 radical (unpaired) electrons. The third-order valence-corrected chi connectivity index (χ3v) is 4.92. The zero-order chi connectivity index (χ0) is 14.3. The van der Waals surface area contributed by atoms with Crippen LogP contribution >= 0.6 is 28.3 Å². The van der Waals surface area contributed by atoms with Crippen molar-refractivity contribution in [2.75, 3.05) is 13.1 Å². The summed E-state index contributed by atoms with van der Waals surface area (Å²) in [6.45, 7) is 1.33. The van der Waals surface area contributed by atoms with Gasteiger partial charge < -0.3 is 15.2 Å². The van der Waals surface area contributed by atoms with Crippen LogP contribution in [0.25, 0.3) is 0 Å². The minimum atomic E-state index is 0. The fraction of sp³-hybridized carbons (Fsp3) is 0.500. The number of carbonyl (C=O) groups is 1. The van der Waals surface area contributed by atoms with E-state index in [1.807, 2.05) is 15.7 Å². The van der Waals surface area contributed by atoms with E-state index in [1.54, 1.807) is 0 Å². The average molecular weight is 379 g/mol. The Kier molecular flexibility index (Phi) is 5.11. The molecule has 1 amide bonds. The van der Waals surface area contributed by atoms with E-state index >= 15 is 0 Å². The summed E-state index contributed by atoms with van der Waals surface area (Å²) in [4.78, 5) is 14.4. The van der Waals surface area contributed by atoms with Gasteiger partial charge in [-0.25, -0.2) is 4.39 Å². The maximum Gasteiger partial charge on any atom is 0.255 e. The monoisotopic (exact) mass is 377 g/mol. The van der Waals surface area contributed by atoms with E-state index in [0.29, 0.717) is 24.5 Å². The second-order valence-corrected chi connectivity index (χ2v) is 6.14. The zero-order valence-corrected chi connectivity index (χ0v) is 13.9. The van der Waals surface area contributed by atoms with Gasteiger partial charge in [-0.1, -0.05) is 0 Å². The summed E-state index contributed by atoms with van der Waals surface area (Å²) in [6.07, 6.45) is 5.44. The van der Waals surface area contributed by atoms with Gasteiger partial charge in [-0.3, -0.25) is 4.79 Å². The van der Waals surface area contributed by atoms with Crippen molar-refractivity contribution in [2.24, 2.45) is 5.73 Å². The molecule has 2 aliphatic rings. The number of nitrogens with zero attached hydrogens (tertiary/aromatic N) is 2. The van der Waals surface area contributed by atoms with Crippen molar-refractivity contribution in [3.63, 3.8) is 0 Å².